The van der Waals surface area contributed by atoms with E-state index >= 15 is 0 Å². The third kappa shape index (κ3) is 3.18. The molecular weight excluding hydrogens is 245 g/mol. The Labute approximate surface area is 112 Å². The molecule has 0 aliphatic carbocycles. The molecule has 1 heterocycles. The van der Waals surface area contributed by atoms with Gasteiger partial charge in [-0.25, -0.2) is 4.39 Å². The Morgan fingerprint density at radius 3 is 2.78 bits per heavy atom. The van der Waals surface area contributed by atoms with Crippen LogP contribution in [0.3, 0.4) is 0 Å². The predicted octanol–water partition coefficient (Wildman–Crippen LogP) is 4.44. The summed E-state index contributed by atoms with van der Waals surface area (Å²) in [4.78, 5) is 1.35. The van der Waals surface area contributed by atoms with E-state index in [1.165, 1.54) is 16.5 Å². The number of rotatable bonds is 5. The van der Waals surface area contributed by atoms with Crippen molar-refractivity contribution in [3.63, 3.8) is 0 Å². The highest BCUT2D eigenvalue weighted by atomic mass is 32.1. The van der Waals surface area contributed by atoms with Crippen molar-refractivity contribution in [2.75, 3.05) is 0 Å². The zero-order valence-corrected chi connectivity index (χ0v) is 11.6. The van der Waals surface area contributed by atoms with Crippen LogP contribution in [-0.4, -0.2) is 0 Å². The van der Waals surface area contributed by atoms with Gasteiger partial charge in [0, 0.05) is 17.5 Å². The second kappa shape index (κ2) is 6.12. The molecule has 0 radical (unpaired) electrons. The van der Waals surface area contributed by atoms with E-state index in [0.29, 0.717) is 0 Å². The van der Waals surface area contributed by atoms with Crippen molar-refractivity contribution >= 4 is 11.3 Å². The van der Waals surface area contributed by atoms with Crippen LogP contribution in [-0.2, 0) is 6.54 Å². The van der Waals surface area contributed by atoms with E-state index in [2.05, 4.69) is 30.6 Å². The molecule has 96 valence electrons. The van der Waals surface area contributed by atoms with Crippen molar-refractivity contribution in [3.8, 4) is 0 Å². The normalized spacial score (nSPS) is 12.6. The first-order valence-corrected chi connectivity index (χ1v) is 7.10. The standard InChI is InChI=1S/C15H18FNS/c1-3-14(12-5-4-6-13(16)9-12)17-10-15-11(2)7-8-18-15/h4-9,14,17H,3,10H2,1-2H3. The summed E-state index contributed by atoms with van der Waals surface area (Å²) < 4.78 is 13.2. The van der Waals surface area contributed by atoms with Gasteiger partial charge in [0.2, 0.25) is 0 Å². The Hall–Kier alpha value is -1.19. The first-order valence-electron chi connectivity index (χ1n) is 6.22. The van der Waals surface area contributed by atoms with Gasteiger partial charge >= 0.3 is 0 Å². The molecule has 0 bridgehead atoms. The molecule has 3 heteroatoms. The summed E-state index contributed by atoms with van der Waals surface area (Å²) in [5.74, 6) is -0.167. The number of hydrogen-bond donors (Lipinski definition) is 1. The van der Waals surface area contributed by atoms with E-state index in [-0.39, 0.29) is 11.9 Å². The van der Waals surface area contributed by atoms with Gasteiger partial charge in [0.25, 0.3) is 0 Å². The van der Waals surface area contributed by atoms with Gasteiger partial charge in [-0.2, -0.15) is 0 Å². The Morgan fingerprint density at radius 2 is 2.17 bits per heavy atom. The van der Waals surface area contributed by atoms with Crippen molar-refractivity contribution < 1.29 is 4.39 Å². The van der Waals surface area contributed by atoms with Gasteiger partial charge in [-0.15, -0.1) is 11.3 Å². The number of halogens is 1. The maximum absolute atomic E-state index is 13.2. The van der Waals surface area contributed by atoms with Gasteiger partial charge in [-0.05, 0) is 48.1 Å². The highest BCUT2D eigenvalue weighted by Gasteiger charge is 2.10. The zero-order valence-electron chi connectivity index (χ0n) is 10.7. The fourth-order valence-electron chi connectivity index (χ4n) is 2.02. The molecule has 1 N–H and O–H groups in total. The van der Waals surface area contributed by atoms with Crippen molar-refractivity contribution in [1.82, 2.24) is 5.32 Å². The molecule has 1 aromatic heterocycles. The largest absolute Gasteiger partial charge is 0.305 e. The number of hydrogen-bond acceptors (Lipinski definition) is 2. The van der Waals surface area contributed by atoms with Crippen LogP contribution in [0.2, 0.25) is 0 Å². The zero-order chi connectivity index (χ0) is 13.0. The minimum atomic E-state index is -0.167. The number of nitrogens with one attached hydrogen (secondary N) is 1. The summed E-state index contributed by atoms with van der Waals surface area (Å²) in [6.07, 6.45) is 0.952. The fourth-order valence-corrected chi connectivity index (χ4v) is 2.88. The first kappa shape index (κ1) is 13.2. The van der Waals surface area contributed by atoms with Crippen LogP contribution < -0.4 is 5.32 Å². The number of benzene rings is 1. The minimum absolute atomic E-state index is 0.167. The predicted molar refractivity (Wildman–Crippen MR) is 75.3 cm³/mol. The second-order valence-electron chi connectivity index (χ2n) is 4.42. The quantitative estimate of drug-likeness (QED) is 0.841. The lowest BCUT2D eigenvalue weighted by Gasteiger charge is -2.17. The van der Waals surface area contributed by atoms with Crippen LogP contribution in [0.5, 0.6) is 0 Å². The third-order valence-corrected chi connectivity index (χ3v) is 4.16. The first-order chi connectivity index (χ1) is 8.70. The Kier molecular flexibility index (Phi) is 4.50. The molecule has 1 atom stereocenters. The van der Waals surface area contributed by atoms with Gasteiger partial charge in [0.15, 0.2) is 0 Å². The maximum atomic E-state index is 13.2. The van der Waals surface area contributed by atoms with E-state index in [1.54, 1.807) is 23.5 Å². The molecule has 0 amide bonds. The Bertz CT molecular complexity index is 507. The number of thiophene rings is 1. The van der Waals surface area contributed by atoms with E-state index in [9.17, 15) is 4.39 Å². The summed E-state index contributed by atoms with van der Waals surface area (Å²) in [5, 5.41) is 5.61. The summed E-state index contributed by atoms with van der Waals surface area (Å²) in [6.45, 7) is 5.08. The van der Waals surface area contributed by atoms with Gasteiger partial charge in [-0.3, -0.25) is 0 Å². The molecule has 0 saturated carbocycles. The lowest BCUT2D eigenvalue weighted by molar-refractivity contribution is 0.516. The molecule has 0 aliphatic rings. The average Bonchev–Trinajstić information content (AvgIpc) is 2.76. The lowest BCUT2D eigenvalue weighted by atomic mass is 10.0. The summed E-state index contributed by atoms with van der Waals surface area (Å²) in [7, 11) is 0. The summed E-state index contributed by atoms with van der Waals surface area (Å²) in [5.41, 5.74) is 2.34. The van der Waals surface area contributed by atoms with Crippen molar-refractivity contribution in [1.29, 1.82) is 0 Å². The smallest absolute Gasteiger partial charge is 0.123 e. The molecule has 1 unspecified atom stereocenters. The molecule has 0 aliphatic heterocycles. The Balaban J connectivity index is 2.04. The maximum Gasteiger partial charge on any atom is 0.123 e. The average molecular weight is 263 g/mol. The number of aryl methyl sites for hydroxylation is 1. The van der Waals surface area contributed by atoms with Crippen molar-refractivity contribution in [2.24, 2.45) is 0 Å². The molecule has 0 fully saturated rings. The minimum Gasteiger partial charge on any atom is -0.305 e. The van der Waals surface area contributed by atoms with Crippen LogP contribution in [0.15, 0.2) is 35.7 Å². The highest BCUT2D eigenvalue weighted by molar-refractivity contribution is 7.10. The van der Waals surface area contributed by atoms with Crippen LogP contribution in [0.4, 0.5) is 4.39 Å². The van der Waals surface area contributed by atoms with Gasteiger partial charge in [0.1, 0.15) is 5.82 Å². The molecule has 18 heavy (non-hydrogen) atoms. The molecule has 1 nitrogen and oxygen atoms in total. The van der Waals surface area contributed by atoms with E-state index in [4.69, 9.17) is 0 Å². The van der Waals surface area contributed by atoms with Gasteiger partial charge < -0.3 is 5.32 Å². The van der Waals surface area contributed by atoms with E-state index in [1.807, 2.05) is 6.07 Å². The van der Waals surface area contributed by atoms with Crippen molar-refractivity contribution in [2.45, 2.75) is 32.9 Å². The van der Waals surface area contributed by atoms with E-state index < -0.39 is 0 Å². The SMILES string of the molecule is CCC(NCc1sccc1C)c1cccc(F)c1. The van der Waals surface area contributed by atoms with Crippen molar-refractivity contribution in [3.05, 3.63) is 57.5 Å². The molecule has 1 aromatic carbocycles. The summed E-state index contributed by atoms with van der Waals surface area (Å²) in [6, 6.07) is 9.19. The molecular formula is C15H18FNS. The second-order valence-corrected chi connectivity index (χ2v) is 5.42. The molecule has 2 rings (SSSR count). The van der Waals surface area contributed by atoms with E-state index in [0.717, 1.165) is 18.5 Å². The summed E-state index contributed by atoms with van der Waals surface area (Å²) >= 11 is 1.76. The monoisotopic (exact) mass is 263 g/mol. The molecule has 0 spiro atoms. The highest BCUT2D eigenvalue weighted by Crippen LogP contribution is 2.20. The molecule has 2 aromatic rings. The van der Waals surface area contributed by atoms with Crippen LogP contribution in [0, 0.1) is 12.7 Å². The van der Waals surface area contributed by atoms with Gasteiger partial charge in [-0.1, -0.05) is 19.1 Å². The van der Waals surface area contributed by atoms with Crippen LogP contribution >= 0.6 is 11.3 Å². The van der Waals surface area contributed by atoms with Crippen LogP contribution in [0.1, 0.15) is 35.4 Å². The Morgan fingerprint density at radius 1 is 1.33 bits per heavy atom. The van der Waals surface area contributed by atoms with Gasteiger partial charge in [0.05, 0.1) is 0 Å². The third-order valence-electron chi connectivity index (χ3n) is 3.14. The fraction of sp³-hybridized carbons (Fsp3) is 0.333. The topological polar surface area (TPSA) is 12.0 Å². The van der Waals surface area contributed by atoms with Crippen LogP contribution in [0.25, 0.3) is 0 Å². The molecule has 0 saturated heterocycles. The lowest BCUT2D eigenvalue weighted by Crippen LogP contribution is -2.20.